The van der Waals surface area contributed by atoms with Gasteiger partial charge in [0.25, 0.3) is 5.91 Å². The van der Waals surface area contributed by atoms with Crippen LogP contribution in [0.3, 0.4) is 0 Å². The number of rotatable bonds is 4. The third-order valence-electron chi connectivity index (χ3n) is 3.70. The standard InChI is InChI=1S/C16H20FNO/c1-3-10-18(13-6-4-5-7-13)16(19)14-11-12(2)8-9-15(14)17/h3,8-9,11,13H,1,4-7,10H2,2H3. The smallest absolute Gasteiger partial charge is 0.257 e. The zero-order chi connectivity index (χ0) is 13.8. The van der Waals surface area contributed by atoms with Gasteiger partial charge in [-0.05, 0) is 31.9 Å². The van der Waals surface area contributed by atoms with Crippen LogP contribution in [0.5, 0.6) is 0 Å². The molecule has 0 aliphatic heterocycles. The first-order valence-electron chi connectivity index (χ1n) is 6.81. The molecule has 0 saturated heterocycles. The summed E-state index contributed by atoms with van der Waals surface area (Å²) in [5, 5.41) is 0. The fraction of sp³-hybridized carbons (Fsp3) is 0.438. The Morgan fingerprint density at radius 3 is 2.79 bits per heavy atom. The number of amides is 1. The third kappa shape index (κ3) is 3.03. The number of aryl methyl sites for hydroxylation is 1. The summed E-state index contributed by atoms with van der Waals surface area (Å²) in [7, 11) is 0. The van der Waals surface area contributed by atoms with Gasteiger partial charge < -0.3 is 4.90 Å². The van der Waals surface area contributed by atoms with Crippen LogP contribution in [0.4, 0.5) is 4.39 Å². The average Bonchev–Trinajstić information content (AvgIpc) is 2.92. The molecule has 1 aliphatic rings. The van der Waals surface area contributed by atoms with Crippen LogP contribution >= 0.6 is 0 Å². The Hall–Kier alpha value is -1.64. The van der Waals surface area contributed by atoms with Crippen molar-refractivity contribution in [2.45, 2.75) is 38.6 Å². The molecule has 2 nitrogen and oxygen atoms in total. The molecule has 3 heteroatoms. The van der Waals surface area contributed by atoms with Crippen LogP contribution in [0, 0.1) is 12.7 Å². The Morgan fingerprint density at radius 2 is 2.16 bits per heavy atom. The molecule has 0 unspecified atom stereocenters. The molecular formula is C16H20FNO. The highest BCUT2D eigenvalue weighted by Crippen LogP contribution is 2.25. The van der Waals surface area contributed by atoms with E-state index in [1.165, 1.54) is 6.07 Å². The molecule has 0 aromatic heterocycles. The Morgan fingerprint density at radius 1 is 1.47 bits per heavy atom. The van der Waals surface area contributed by atoms with Crippen LogP contribution in [0.1, 0.15) is 41.6 Å². The zero-order valence-electron chi connectivity index (χ0n) is 11.4. The second-order valence-corrected chi connectivity index (χ2v) is 5.17. The summed E-state index contributed by atoms with van der Waals surface area (Å²) in [6.07, 6.45) is 6.01. The molecule has 0 heterocycles. The van der Waals surface area contributed by atoms with Crippen LogP contribution in [0.15, 0.2) is 30.9 Å². The van der Waals surface area contributed by atoms with E-state index in [1.807, 2.05) is 6.92 Å². The molecule has 0 atom stereocenters. The van der Waals surface area contributed by atoms with E-state index in [1.54, 1.807) is 23.1 Å². The Balaban J connectivity index is 2.27. The molecule has 1 saturated carbocycles. The molecule has 1 fully saturated rings. The molecule has 1 aromatic carbocycles. The number of benzene rings is 1. The van der Waals surface area contributed by atoms with Crippen LogP contribution in [0.2, 0.25) is 0 Å². The largest absolute Gasteiger partial charge is 0.332 e. The molecule has 0 bridgehead atoms. The summed E-state index contributed by atoms with van der Waals surface area (Å²) in [5.41, 5.74) is 1.07. The van der Waals surface area contributed by atoms with E-state index in [0.29, 0.717) is 6.54 Å². The second-order valence-electron chi connectivity index (χ2n) is 5.17. The van der Waals surface area contributed by atoms with Crippen molar-refractivity contribution in [2.75, 3.05) is 6.54 Å². The fourth-order valence-corrected chi connectivity index (χ4v) is 2.71. The van der Waals surface area contributed by atoms with Gasteiger partial charge in [-0.15, -0.1) is 6.58 Å². The van der Waals surface area contributed by atoms with Gasteiger partial charge in [-0.3, -0.25) is 4.79 Å². The maximum Gasteiger partial charge on any atom is 0.257 e. The van der Waals surface area contributed by atoms with Crippen molar-refractivity contribution in [1.29, 1.82) is 0 Å². The predicted octanol–water partition coefficient (Wildman–Crippen LogP) is 3.70. The quantitative estimate of drug-likeness (QED) is 0.757. The third-order valence-corrected chi connectivity index (χ3v) is 3.70. The highest BCUT2D eigenvalue weighted by Gasteiger charge is 2.27. The van der Waals surface area contributed by atoms with Gasteiger partial charge in [0.2, 0.25) is 0 Å². The van der Waals surface area contributed by atoms with Gasteiger partial charge >= 0.3 is 0 Å². The first kappa shape index (κ1) is 13.8. The number of carbonyl (C=O) groups is 1. The van der Waals surface area contributed by atoms with E-state index in [4.69, 9.17) is 0 Å². The molecule has 1 aromatic rings. The topological polar surface area (TPSA) is 20.3 Å². The van der Waals surface area contributed by atoms with Crippen LogP contribution in [-0.4, -0.2) is 23.4 Å². The van der Waals surface area contributed by atoms with Gasteiger partial charge in [0.05, 0.1) is 5.56 Å². The fourth-order valence-electron chi connectivity index (χ4n) is 2.71. The number of nitrogens with zero attached hydrogens (tertiary/aromatic N) is 1. The highest BCUT2D eigenvalue weighted by molar-refractivity contribution is 5.95. The second kappa shape index (κ2) is 6.00. The molecule has 0 radical (unpaired) electrons. The summed E-state index contributed by atoms with van der Waals surface area (Å²) in [5.74, 6) is -0.657. The van der Waals surface area contributed by atoms with E-state index in [2.05, 4.69) is 6.58 Å². The number of hydrogen-bond acceptors (Lipinski definition) is 1. The van der Waals surface area contributed by atoms with Gasteiger partial charge in [-0.25, -0.2) is 4.39 Å². The molecule has 19 heavy (non-hydrogen) atoms. The molecule has 2 rings (SSSR count). The minimum atomic E-state index is -0.442. The van der Waals surface area contributed by atoms with Crippen LogP contribution in [0.25, 0.3) is 0 Å². The van der Waals surface area contributed by atoms with Gasteiger partial charge in [-0.2, -0.15) is 0 Å². The van der Waals surface area contributed by atoms with Crippen molar-refractivity contribution in [1.82, 2.24) is 4.90 Å². The van der Waals surface area contributed by atoms with Crippen molar-refractivity contribution < 1.29 is 9.18 Å². The van der Waals surface area contributed by atoms with E-state index in [0.717, 1.165) is 31.2 Å². The highest BCUT2D eigenvalue weighted by atomic mass is 19.1. The minimum Gasteiger partial charge on any atom is -0.332 e. The van der Waals surface area contributed by atoms with Crippen molar-refractivity contribution in [3.63, 3.8) is 0 Å². The summed E-state index contributed by atoms with van der Waals surface area (Å²) >= 11 is 0. The monoisotopic (exact) mass is 261 g/mol. The van der Waals surface area contributed by atoms with Gasteiger partial charge in [-0.1, -0.05) is 30.5 Å². The lowest BCUT2D eigenvalue weighted by molar-refractivity contribution is 0.0701. The summed E-state index contributed by atoms with van der Waals surface area (Å²) in [6.45, 7) is 6.05. The zero-order valence-corrected chi connectivity index (χ0v) is 11.4. The number of halogens is 1. The number of carbonyl (C=O) groups excluding carboxylic acids is 1. The number of hydrogen-bond donors (Lipinski definition) is 0. The van der Waals surface area contributed by atoms with Crippen molar-refractivity contribution in [3.8, 4) is 0 Å². The molecule has 0 spiro atoms. The lowest BCUT2D eigenvalue weighted by Crippen LogP contribution is -2.39. The van der Waals surface area contributed by atoms with Crippen molar-refractivity contribution in [2.24, 2.45) is 0 Å². The summed E-state index contributed by atoms with van der Waals surface area (Å²) in [4.78, 5) is 14.3. The minimum absolute atomic E-state index is 0.175. The summed E-state index contributed by atoms with van der Waals surface area (Å²) in [6, 6.07) is 4.90. The van der Waals surface area contributed by atoms with E-state index in [9.17, 15) is 9.18 Å². The van der Waals surface area contributed by atoms with E-state index >= 15 is 0 Å². The van der Waals surface area contributed by atoms with E-state index < -0.39 is 5.82 Å². The van der Waals surface area contributed by atoms with Crippen molar-refractivity contribution >= 4 is 5.91 Å². The normalized spacial score (nSPS) is 15.5. The molecular weight excluding hydrogens is 241 g/mol. The molecule has 1 aliphatic carbocycles. The SMILES string of the molecule is C=CCN(C(=O)c1cc(C)ccc1F)C1CCCC1. The maximum atomic E-state index is 13.8. The van der Waals surface area contributed by atoms with Crippen LogP contribution in [-0.2, 0) is 0 Å². The van der Waals surface area contributed by atoms with E-state index in [-0.39, 0.29) is 17.5 Å². The Labute approximate surface area is 113 Å². The average molecular weight is 261 g/mol. The van der Waals surface area contributed by atoms with Gasteiger partial charge in [0.15, 0.2) is 0 Å². The first-order chi connectivity index (χ1) is 9.13. The Bertz CT molecular complexity index is 478. The lowest BCUT2D eigenvalue weighted by Gasteiger charge is -2.28. The lowest BCUT2D eigenvalue weighted by atomic mass is 10.1. The Kier molecular flexibility index (Phi) is 4.35. The molecule has 0 N–H and O–H groups in total. The van der Waals surface area contributed by atoms with Gasteiger partial charge in [0, 0.05) is 12.6 Å². The van der Waals surface area contributed by atoms with Gasteiger partial charge in [0.1, 0.15) is 5.82 Å². The predicted molar refractivity (Wildman–Crippen MR) is 74.6 cm³/mol. The molecule has 102 valence electrons. The summed E-state index contributed by atoms with van der Waals surface area (Å²) < 4.78 is 13.8. The van der Waals surface area contributed by atoms with Crippen LogP contribution < -0.4 is 0 Å². The molecule has 1 amide bonds. The first-order valence-corrected chi connectivity index (χ1v) is 6.81. The van der Waals surface area contributed by atoms with Crippen molar-refractivity contribution in [3.05, 3.63) is 47.8 Å². The maximum absolute atomic E-state index is 13.8.